The van der Waals surface area contributed by atoms with Gasteiger partial charge < -0.3 is 10.8 Å². The van der Waals surface area contributed by atoms with Crippen LogP contribution in [0.25, 0.3) is 0 Å². The molecule has 0 aliphatic carbocycles. The first-order valence-corrected chi connectivity index (χ1v) is 6.05. The Balaban J connectivity index is 2.73. The minimum atomic E-state index is -4.28. The fourth-order valence-electron chi connectivity index (χ4n) is 1.56. The van der Waals surface area contributed by atoms with Crippen molar-refractivity contribution in [1.82, 2.24) is 4.90 Å². The summed E-state index contributed by atoms with van der Waals surface area (Å²) in [4.78, 5) is 1.13. The smallest absolute Gasteiger partial charge is 0.398 e. The van der Waals surface area contributed by atoms with Gasteiger partial charge in [-0.2, -0.15) is 13.2 Å². The molecule has 0 saturated heterocycles. The van der Waals surface area contributed by atoms with Crippen molar-refractivity contribution < 1.29 is 18.3 Å². The second kappa shape index (κ2) is 6.40. The number of alkyl halides is 3. The van der Waals surface area contributed by atoms with E-state index in [9.17, 15) is 13.2 Å². The molecule has 0 heterocycles. The molecule has 0 aliphatic rings. The standard InChI is InChI=1S/C11H14BrF3N2O/c12-9-2-1-8(5-10(9)16)6-17(3-4-18)7-11(13,14)15/h1-2,5,18H,3-4,6-7,16H2. The van der Waals surface area contributed by atoms with Gasteiger partial charge in [-0.15, -0.1) is 0 Å². The zero-order valence-corrected chi connectivity index (χ0v) is 11.1. The van der Waals surface area contributed by atoms with Crippen LogP contribution in [0, 0.1) is 0 Å². The average Bonchev–Trinajstić information content (AvgIpc) is 2.21. The second-order valence-corrected chi connectivity index (χ2v) is 4.76. The van der Waals surface area contributed by atoms with Crippen molar-refractivity contribution in [3.8, 4) is 0 Å². The average molecular weight is 327 g/mol. The predicted octanol–water partition coefficient (Wildman–Crippen LogP) is 2.39. The van der Waals surface area contributed by atoms with Gasteiger partial charge in [0.25, 0.3) is 0 Å². The van der Waals surface area contributed by atoms with Crippen LogP contribution in [0.2, 0.25) is 0 Å². The number of aliphatic hydroxyl groups excluding tert-OH is 1. The van der Waals surface area contributed by atoms with Crippen LogP contribution < -0.4 is 5.73 Å². The number of rotatable bonds is 5. The molecule has 102 valence electrons. The van der Waals surface area contributed by atoms with E-state index in [-0.39, 0.29) is 19.7 Å². The Kier molecular flexibility index (Phi) is 5.43. The number of anilines is 1. The number of nitrogens with two attached hydrogens (primary N) is 1. The van der Waals surface area contributed by atoms with Gasteiger partial charge in [-0.3, -0.25) is 4.90 Å². The first-order chi connectivity index (χ1) is 8.31. The summed E-state index contributed by atoms with van der Waals surface area (Å²) in [6.45, 7) is -1.31. The highest BCUT2D eigenvalue weighted by molar-refractivity contribution is 9.10. The van der Waals surface area contributed by atoms with Gasteiger partial charge in [0.05, 0.1) is 13.2 Å². The van der Waals surface area contributed by atoms with Crippen molar-refractivity contribution in [3.05, 3.63) is 28.2 Å². The monoisotopic (exact) mass is 326 g/mol. The van der Waals surface area contributed by atoms with Crippen molar-refractivity contribution in [2.24, 2.45) is 0 Å². The summed E-state index contributed by atoms with van der Waals surface area (Å²) in [5.74, 6) is 0. The number of benzene rings is 1. The predicted molar refractivity (Wildman–Crippen MR) is 67.0 cm³/mol. The van der Waals surface area contributed by atoms with Crippen LogP contribution >= 0.6 is 15.9 Å². The van der Waals surface area contributed by atoms with Gasteiger partial charge in [-0.1, -0.05) is 6.07 Å². The van der Waals surface area contributed by atoms with Crippen LogP contribution in [0.4, 0.5) is 18.9 Å². The molecule has 0 amide bonds. The molecule has 18 heavy (non-hydrogen) atoms. The van der Waals surface area contributed by atoms with E-state index in [1.54, 1.807) is 18.2 Å². The Morgan fingerprint density at radius 1 is 1.33 bits per heavy atom. The molecule has 0 spiro atoms. The van der Waals surface area contributed by atoms with Crippen LogP contribution in [0.5, 0.6) is 0 Å². The second-order valence-electron chi connectivity index (χ2n) is 3.91. The Bertz CT molecular complexity index is 398. The summed E-state index contributed by atoms with van der Waals surface area (Å²) in [5, 5.41) is 8.77. The van der Waals surface area contributed by atoms with Gasteiger partial charge >= 0.3 is 6.18 Å². The minimum absolute atomic E-state index is 0.0323. The summed E-state index contributed by atoms with van der Waals surface area (Å²) >= 11 is 3.22. The van der Waals surface area contributed by atoms with E-state index >= 15 is 0 Å². The summed E-state index contributed by atoms with van der Waals surface area (Å²) in [6, 6.07) is 5.00. The SMILES string of the molecule is Nc1cc(CN(CCO)CC(F)(F)F)ccc1Br. The molecule has 0 unspecified atom stereocenters. The molecule has 0 aromatic heterocycles. The van der Waals surface area contributed by atoms with Crippen molar-refractivity contribution in [1.29, 1.82) is 0 Å². The lowest BCUT2D eigenvalue weighted by Crippen LogP contribution is -2.35. The highest BCUT2D eigenvalue weighted by Gasteiger charge is 2.30. The van der Waals surface area contributed by atoms with Crippen LogP contribution in [-0.2, 0) is 6.54 Å². The molecule has 0 radical (unpaired) electrons. The fraction of sp³-hybridized carbons (Fsp3) is 0.455. The number of halogens is 4. The van der Waals surface area contributed by atoms with Crippen LogP contribution in [-0.4, -0.2) is 35.9 Å². The lowest BCUT2D eigenvalue weighted by molar-refractivity contribution is -0.147. The number of hydrogen-bond donors (Lipinski definition) is 2. The largest absolute Gasteiger partial charge is 0.401 e. The highest BCUT2D eigenvalue weighted by Crippen LogP contribution is 2.22. The molecule has 1 aromatic rings. The third-order valence-electron chi connectivity index (χ3n) is 2.29. The van der Waals surface area contributed by atoms with Crippen molar-refractivity contribution >= 4 is 21.6 Å². The van der Waals surface area contributed by atoms with Gasteiger partial charge in [0.15, 0.2) is 0 Å². The van der Waals surface area contributed by atoms with Gasteiger partial charge in [0, 0.05) is 23.2 Å². The minimum Gasteiger partial charge on any atom is -0.398 e. The maximum atomic E-state index is 12.3. The Hall–Kier alpha value is -0.790. The Labute approximate surface area is 112 Å². The van der Waals surface area contributed by atoms with Crippen molar-refractivity contribution in [2.45, 2.75) is 12.7 Å². The third kappa shape index (κ3) is 5.24. The molecular formula is C11H14BrF3N2O. The first-order valence-electron chi connectivity index (χ1n) is 5.25. The molecule has 0 saturated carbocycles. The summed E-state index contributed by atoms with van der Waals surface area (Å²) < 4.78 is 37.7. The van der Waals surface area contributed by atoms with E-state index in [4.69, 9.17) is 10.8 Å². The molecule has 0 fully saturated rings. The van der Waals surface area contributed by atoms with E-state index in [0.717, 1.165) is 4.90 Å². The van der Waals surface area contributed by atoms with Crippen LogP contribution in [0.3, 0.4) is 0 Å². The number of hydrogen-bond acceptors (Lipinski definition) is 3. The molecular weight excluding hydrogens is 313 g/mol. The maximum Gasteiger partial charge on any atom is 0.401 e. The Morgan fingerprint density at radius 3 is 2.50 bits per heavy atom. The van der Waals surface area contributed by atoms with Crippen molar-refractivity contribution in [3.63, 3.8) is 0 Å². The van der Waals surface area contributed by atoms with E-state index in [1.807, 2.05) is 0 Å². The fourth-order valence-corrected chi connectivity index (χ4v) is 1.81. The lowest BCUT2D eigenvalue weighted by Gasteiger charge is -2.22. The van der Waals surface area contributed by atoms with E-state index in [1.165, 1.54) is 0 Å². The topological polar surface area (TPSA) is 49.5 Å². The zero-order chi connectivity index (χ0) is 13.8. The quantitative estimate of drug-likeness (QED) is 0.817. The van der Waals surface area contributed by atoms with Gasteiger partial charge in [-0.25, -0.2) is 0 Å². The molecule has 1 aromatic carbocycles. The summed E-state index contributed by atoms with van der Waals surface area (Å²) in [5.41, 5.74) is 6.81. The Morgan fingerprint density at radius 2 is 2.00 bits per heavy atom. The molecule has 0 atom stereocenters. The molecule has 0 bridgehead atoms. The normalized spacial score (nSPS) is 12.1. The number of nitrogen functional groups attached to an aromatic ring is 1. The van der Waals surface area contributed by atoms with Crippen molar-refractivity contribution in [2.75, 3.05) is 25.4 Å². The van der Waals surface area contributed by atoms with Crippen LogP contribution in [0.1, 0.15) is 5.56 Å². The van der Waals surface area contributed by atoms with E-state index in [0.29, 0.717) is 15.7 Å². The van der Waals surface area contributed by atoms with Gasteiger partial charge in [-0.05, 0) is 33.6 Å². The first kappa shape index (κ1) is 15.3. The zero-order valence-electron chi connectivity index (χ0n) is 9.54. The molecule has 3 nitrogen and oxygen atoms in total. The van der Waals surface area contributed by atoms with E-state index in [2.05, 4.69) is 15.9 Å². The maximum absolute atomic E-state index is 12.3. The number of aliphatic hydroxyl groups is 1. The van der Waals surface area contributed by atoms with Crippen LogP contribution in [0.15, 0.2) is 22.7 Å². The molecule has 1 rings (SSSR count). The molecule has 0 aliphatic heterocycles. The van der Waals surface area contributed by atoms with Gasteiger partial charge in [0.1, 0.15) is 0 Å². The lowest BCUT2D eigenvalue weighted by atomic mass is 10.2. The highest BCUT2D eigenvalue weighted by atomic mass is 79.9. The summed E-state index contributed by atoms with van der Waals surface area (Å²) in [7, 11) is 0. The molecule has 3 N–H and O–H groups in total. The number of nitrogens with zero attached hydrogens (tertiary/aromatic N) is 1. The van der Waals surface area contributed by atoms with Gasteiger partial charge in [0.2, 0.25) is 0 Å². The third-order valence-corrected chi connectivity index (χ3v) is 3.01. The molecule has 7 heteroatoms. The van der Waals surface area contributed by atoms with E-state index < -0.39 is 12.7 Å². The summed E-state index contributed by atoms with van der Waals surface area (Å²) in [6.07, 6.45) is -4.28.